The molecule has 0 N–H and O–H groups in total. The molecule has 0 aliphatic rings. The van der Waals surface area contributed by atoms with Gasteiger partial charge in [0.2, 0.25) is 5.69 Å². The van der Waals surface area contributed by atoms with E-state index < -0.39 is 8.07 Å². The third kappa shape index (κ3) is 3.23. The quantitative estimate of drug-likeness (QED) is 0.458. The minimum Gasteiger partial charge on any atom is -0.359 e. The molecule has 22 heavy (non-hydrogen) atoms. The number of nitrogens with zero attached hydrogens (tertiary/aromatic N) is 2. The lowest BCUT2D eigenvalue weighted by Crippen LogP contribution is -2.35. The van der Waals surface area contributed by atoms with E-state index in [0.29, 0.717) is 16.3 Å². The summed E-state index contributed by atoms with van der Waals surface area (Å²) in [4.78, 5) is 0.431. The standard InChI is InChI=1S/C17H22N2O2Si/c1-13-7-9-14(10-8-13)16-15(18-21-19(16)20)11-12-22(5,6)17(2,3)4/h7-10H,1-6H3. The fourth-order valence-electron chi connectivity index (χ4n) is 1.69. The minimum absolute atomic E-state index is 0.154. The summed E-state index contributed by atoms with van der Waals surface area (Å²) >= 11 is 0. The Hall–Kier alpha value is -2.06. The van der Waals surface area contributed by atoms with Crippen LogP contribution in [0.1, 0.15) is 32.0 Å². The van der Waals surface area contributed by atoms with Crippen LogP contribution >= 0.6 is 0 Å². The molecule has 0 saturated carbocycles. The highest BCUT2D eigenvalue weighted by Crippen LogP contribution is 2.35. The van der Waals surface area contributed by atoms with Gasteiger partial charge in [-0.05, 0) is 22.8 Å². The van der Waals surface area contributed by atoms with Gasteiger partial charge in [0.15, 0.2) is 0 Å². The topological polar surface area (TPSA) is 53.0 Å². The average molecular weight is 314 g/mol. The van der Waals surface area contributed by atoms with Gasteiger partial charge in [-0.25, -0.2) is 0 Å². The molecule has 1 heterocycles. The zero-order chi connectivity index (χ0) is 16.5. The van der Waals surface area contributed by atoms with Crippen molar-refractivity contribution in [3.63, 3.8) is 0 Å². The van der Waals surface area contributed by atoms with Crippen LogP contribution in [0.2, 0.25) is 18.1 Å². The molecule has 0 radical (unpaired) electrons. The van der Waals surface area contributed by atoms with Crippen molar-refractivity contribution >= 4 is 8.07 Å². The van der Waals surface area contributed by atoms with Gasteiger partial charge >= 0.3 is 0 Å². The Morgan fingerprint density at radius 3 is 2.32 bits per heavy atom. The van der Waals surface area contributed by atoms with Crippen molar-refractivity contribution in [1.29, 1.82) is 0 Å². The number of benzene rings is 1. The minimum atomic E-state index is -1.77. The first-order valence-electron chi connectivity index (χ1n) is 7.32. The van der Waals surface area contributed by atoms with E-state index in [2.05, 4.69) is 50.5 Å². The van der Waals surface area contributed by atoms with Gasteiger partial charge < -0.3 is 5.21 Å². The van der Waals surface area contributed by atoms with Gasteiger partial charge in [0.1, 0.15) is 8.07 Å². The maximum atomic E-state index is 11.9. The molecule has 0 bridgehead atoms. The molecule has 2 rings (SSSR count). The molecule has 4 nitrogen and oxygen atoms in total. The molecular formula is C17H22N2O2Si. The van der Waals surface area contributed by atoms with Crippen LogP contribution in [-0.2, 0) is 0 Å². The highest BCUT2D eigenvalue weighted by Gasteiger charge is 2.34. The zero-order valence-corrected chi connectivity index (χ0v) is 15.0. The van der Waals surface area contributed by atoms with Crippen molar-refractivity contribution in [2.75, 3.05) is 0 Å². The van der Waals surface area contributed by atoms with E-state index in [1.54, 1.807) is 0 Å². The lowest BCUT2D eigenvalue weighted by Gasteiger charge is -2.31. The monoisotopic (exact) mass is 314 g/mol. The van der Waals surface area contributed by atoms with Crippen molar-refractivity contribution in [2.24, 2.45) is 0 Å². The molecule has 0 amide bonds. The summed E-state index contributed by atoms with van der Waals surface area (Å²) in [6.45, 7) is 13.0. The van der Waals surface area contributed by atoms with E-state index in [-0.39, 0.29) is 5.04 Å². The van der Waals surface area contributed by atoms with Crippen molar-refractivity contribution in [3.05, 3.63) is 40.7 Å². The van der Waals surface area contributed by atoms with Gasteiger partial charge in [-0.2, -0.15) is 0 Å². The lowest BCUT2D eigenvalue weighted by molar-refractivity contribution is -0.793. The van der Waals surface area contributed by atoms with Crippen LogP contribution < -0.4 is 4.90 Å². The van der Waals surface area contributed by atoms with Gasteiger partial charge in [-0.3, -0.25) is 4.63 Å². The Bertz CT molecular complexity index is 729. The summed E-state index contributed by atoms with van der Waals surface area (Å²) in [5, 5.41) is 15.9. The van der Waals surface area contributed by atoms with E-state index in [1.807, 2.05) is 31.2 Å². The van der Waals surface area contributed by atoms with E-state index >= 15 is 0 Å². The second-order valence-corrected chi connectivity index (χ2v) is 12.1. The normalized spacial score (nSPS) is 11.9. The highest BCUT2D eigenvalue weighted by atomic mass is 28.3. The summed E-state index contributed by atoms with van der Waals surface area (Å²) < 4.78 is 4.76. The van der Waals surface area contributed by atoms with E-state index in [9.17, 15) is 5.21 Å². The summed E-state index contributed by atoms with van der Waals surface area (Å²) in [7, 11) is -1.77. The summed E-state index contributed by atoms with van der Waals surface area (Å²) in [5.74, 6) is 3.08. The molecule has 0 saturated heterocycles. The largest absolute Gasteiger partial charge is 0.359 e. The van der Waals surface area contributed by atoms with Crippen LogP contribution in [0.15, 0.2) is 28.9 Å². The molecular weight excluding hydrogens is 292 g/mol. The molecule has 116 valence electrons. The molecule has 0 unspecified atom stereocenters. The van der Waals surface area contributed by atoms with Crippen molar-refractivity contribution in [3.8, 4) is 22.7 Å². The lowest BCUT2D eigenvalue weighted by atomic mass is 10.1. The van der Waals surface area contributed by atoms with Crippen LogP contribution in [0.25, 0.3) is 11.3 Å². The molecule has 1 aromatic carbocycles. The fourth-order valence-corrected chi connectivity index (χ4v) is 2.49. The molecule has 0 fully saturated rings. The maximum Gasteiger partial charge on any atom is 0.298 e. The predicted molar refractivity (Wildman–Crippen MR) is 89.7 cm³/mol. The highest BCUT2D eigenvalue weighted by molar-refractivity contribution is 6.87. The van der Waals surface area contributed by atoms with Crippen LogP contribution in [0.4, 0.5) is 0 Å². The third-order valence-electron chi connectivity index (χ3n) is 4.31. The third-order valence-corrected chi connectivity index (χ3v) is 8.81. The van der Waals surface area contributed by atoms with Gasteiger partial charge in [0.25, 0.3) is 5.69 Å². The Morgan fingerprint density at radius 2 is 1.77 bits per heavy atom. The Kier molecular flexibility index (Phi) is 4.16. The second-order valence-electron chi connectivity index (χ2n) is 7.12. The van der Waals surface area contributed by atoms with Gasteiger partial charge in [0.05, 0.1) is 5.16 Å². The number of aryl methyl sites for hydroxylation is 1. The second kappa shape index (κ2) is 5.62. The average Bonchev–Trinajstić information content (AvgIpc) is 2.77. The van der Waals surface area contributed by atoms with E-state index in [1.165, 1.54) is 0 Å². The molecule has 1 aromatic heterocycles. The molecule has 0 aliphatic carbocycles. The van der Waals surface area contributed by atoms with Gasteiger partial charge in [-0.15, -0.1) is 5.54 Å². The number of hydrogen-bond acceptors (Lipinski definition) is 3. The first-order chi connectivity index (χ1) is 10.1. The molecule has 0 aliphatic heterocycles. The summed E-state index contributed by atoms with van der Waals surface area (Å²) in [6, 6.07) is 7.67. The van der Waals surface area contributed by atoms with Gasteiger partial charge in [-0.1, -0.05) is 63.7 Å². The Morgan fingerprint density at radius 1 is 1.18 bits per heavy atom. The van der Waals surface area contributed by atoms with Gasteiger partial charge in [0, 0.05) is 5.56 Å². The summed E-state index contributed by atoms with van der Waals surface area (Å²) in [6.07, 6.45) is 0. The Labute approximate surface area is 132 Å². The zero-order valence-electron chi connectivity index (χ0n) is 14.0. The molecule has 5 heteroatoms. The van der Waals surface area contributed by atoms with Crippen molar-refractivity contribution < 1.29 is 9.53 Å². The van der Waals surface area contributed by atoms with Crippen molar-refractivity contribution in [1.82, 2.24) is 5.16 Å². The predicted octanol–water partition coefficient (Wildman–Crippen LogP) is 3.68. The number of aromatic nitrogens is 2. The molecule has 0 spiro atoms. The number of hydrogen-bond donors (Lipinski definition) is 0. The summed E-state index contributed by atoms with van der Waals surface area (Å²) in [5.41, 5.74) is 6.05. The van der Waals surface area contributed by atoms with Crippen LogP contribution in [0.5, 0.6) is 0 Å². The first kappa shape index (κ1) is 16.3. The SMILES string of the molecule is Cc1ccc(-c2c(C#C[Si](C)(C)C(C)(C)C)no[n+]2[O-])cc1. The molecule has 2 aromatic rings. The van der Waals surface area contributed by atoms with Crippen LogP contribution in [0.3, 0.4) is 0 Å². The van der Waals surface area contributed by atoms with E-state index in [0.717, 1.165) is 11.1 Å². The van der Waals surface area contributed by atoms with Crippen molar-refractivity contribution in [2.45, 2.75) is 45.8 Å². The van der Waals surface area contributed by atoms with E-state index in [4.69, 9.17) is 4.63 Å². The number of rotatable bonds is 1. The van der Waals surface area contributed by atoms with Crippen LogP contribution in [0, 0.1) is 23.6 Å². The first-order valence-corrected chi connectivity index (χ1v) is 10.3. The molecule has 0 atom stereocenters. The van der Waals surface area contributed by atoms with Crippen LogP contribution in [-0.4, -0.2) is 13.2 Å². The fraction of sp³-hybridized carbons (Fsp3) is 0.412. The smallest absolute Gasteiger partial charge is 0.298 e. The Balaban J connectivity index is 2.46. The maximum absolute atomic E-state index is 11.9.